The number of carbonyl (C=O) groups is 2. The number of piperidine rings is 1. The van der Waals surface area contributed by atoms with Gasteiger partial charge in [0.2, 0.25) is 0 Å². The Balaban J connectivity index is 1.83. The van der Waals surface area contributed by atoms with Crippen molar-refractivity contribution in [2.45, 2.75) is 64.6 Å². The molecule has 2 unspecified atom stereocenters. The van der Waals surface area contributed by atoms with Gasteiger partial charge in [-0.25, -0.2) is 14.0 Å². The van der Waals surface area contributed by atoms with Gasteiger partial charge in [-0.2, -0.15) is 0 Å². The van der Waals surface area contributed by atoms with Crippen molar-refractivity contribution in [1.29, 1.82) is 0 Å². The molecule has 1 aliphatic rings. The number of urea groups is 1. The number of ether oxygens (including phenoxy) is 1. The molecule has 6 nitrogen and oxygen atoms in total. The lowest BCUT2D eigenvalue weighted by atomic mass is 10.1. The molecule has 0 radical (unpaired) electrons. The maximum atomic E-state index is 13.8. The van der Waals surface area contributed by atoms with Crippen LogP contribution in [0.15, 0.2) is 24.3 Å². The summed E-state index contributed by atoms with van der Waals surface area (Å²) in [5.74, 6) is -0.266. The zero-order valence-corrected chi connectivity index (χ0v) is 16.5. The molecule has 0 bridgehead atoms. The highest BCUT2D eigenvalue weighted by Gasteiger charge is 2.27. The Morgan fingerprint density at radius 1 is 1.33 bits per heavy atom. The van der Waals surface area contributed by atoms with Crippen molar-refractivity contribution in [3.05, 3.63) is 35.6 Å². The van der Waals surface area contributed by atoms with Crippen LogP contribution in [0.1, 0.15) is 46.1 Å². The number of alkyl carbamates (subject to hydrolysis) is 1. The molecule has 0 saturated carbocycles. The predicted octanol–water partition coefficient (Wildman–Crippen LogP) is 3.46. The van der Waals surface area contributed by atoms with E-state index in [0.29, 0.717) is 25.1 Å². The van der Waals surface area contributed by atoms with Gasteiger partial charge in [-0.05, 0) is 58.6 Å². The SMILES string of the molecule is CC(Cc1ccccc1F)NC(=O)N1CCCC(NC(=O)OC(C)(C)C)C1. The standard InChI is InChI=1S/C20H30FN3O3/c1-14(12-15-8-5-6-10-17(15)21)22-18(25)24-11-7-9-16(13-24)23-19(26)27-20(2,3)4/h5-6,8,10,14,16H,7,9,11-13H2,1-4H3,(H,22,25)(H,23,26). The third kappa shape index (κ3) is 7.07. The zero-order chi connectivity index (χ0) is 20.0. The van der Waals surface area contributed by atoms with E-state index in [9.17, 15) is 14.0 Å². The van der Waals surface area contributed by atoms with E-state index in [-0.39, 0.29) is 23.9 Å². The van der Waals surface area contributed by atoms with E-state index >= 15 is 0 Å². The molecule has 0 spiro atoms. The minimum atomic E-state index is -0.558. The summed E-state index contributed by atoms with van der Waals surface area (Å²) in [4.78, 5) is 26.1. The maximum Gasteiger partial charge on any atom is 0.407 e. The lowest BCUT2D eigenvalue weighted by Crippen LogP contribution is -2.54. The highest BCUT2D eigenvalue weighted by Crippen LogP contribution is 2.13. The molecule has 0 aromatic heterocycles. The van der Waals surface area contributed by atoms with Crippen molar-refractivity contribution in [3.8, 4) is 0 Å². The van der Waals surface area contributed by atoms with Gasteiger partial charge >= 0.3 is 12.1 Å². The molecule has 1 aromatic rings. The smallest absolute Gasteiger partial charge is 0.407 e. The molecule has 150 valence electrons. The number of hydrogen-bond donors (Lipinski definition) is 2. The van der Waals surface area contributed by atoms with Crippen LogP contribution >= 0.6 is 0 Å². The number of halogens is 1. The first kappa shape index (κ1) is 21.0. The Labute approximate surface area is 160 Å². The first-order valence-corrected chi connectivity index (χ1v) is 9.42. The Kier molecular flexibility index (Phi) is 7.05. The first-order valence-electron chi connectivity index (χ1n) is 9.42. The molecule has 1 aromatic carbocycles. The number of nitrogens with zero attached hydrogens (tertiary/aromatic N) is 1. The van der Waals surface area contributed by atoms with Crippen LogP contribution in [-0.4, -0.2) is 47.8 Å². The van der Waals surface area contributed by atoms with Gasteiger partial charge in [0.05, 0.1) is 0 Å². The highest BCUT2D eigenvalue weighted by molar-refractivity contribution is 5.75. The molecule has 2 N–H and O–H groups in total. The van der Waals surface area contributed by atoms with Crippen LogP contribution in [0.2, 0.25) is 0 Å². The van der Waals surface area contributed by atoms with Crippen LogP contribution in [0.25, 0.3) is 0 Å². The summed E-state index contributed by atoms with van der Waals surface area (Å²) in [7, 11) is 0. The average molecular weight is 379 g/mol. The van der Waals surface area contributed by atoms with E-state index in [1.165, 1.54) is 6.07 Å². The van der Waals surface area contributed by atoms with Gasteiger partial charge in [0.1, 0.15) is 11.4 Å². The van der Waals surface area contributed by atoms with Crippen LogP contribution in [-0.2, 0) is 11.2 Å². The van der Waals surface area contributed by atoms with Crippen LogP contribution in [0, 0.1) is 5.82 Å². The van der Waals surface area contributed by atoms with Crippen molar-refractivity contribution in [3.63, 3.8) is 0 Å². The molecule has 1 heterocycles. The summed E-state index contributed by atoms with van der Waals surface area (Å²) in [5, 5.41) is 5.74. The molecule has 7 heteroatoms. The van der Waals surface area contributed by atoms with Crippen LogP contribution in [0.4, 0.5) is 14.0 Å². The number of carbonyl (C=O) groups excluding carboxylic acids is 2. The van der Waals surface area contributed by atoms with Crippen LogP contribution in [0.3, 0.4) is 0 Å². The van der Waals surface area contributed by atoms with Crippen molar-refractivity contribution in [2.24, 2.45) is 0 Å². The van der Waals surface area contributed by atoms with Crippen LogP contribution in [0.5, 0.6) is 0 Å². The minimum absolute atomic E-state index is 0.138. The molecular weight excluding hydrogens is 349 g/mol. The summed E-state index contributed by atoms with van der Waals surface area (Å²) >= 11 is 0. The molecular formula is C20H30FN3O3. The lowest BCUT2D eigenvalue weighted by molar-refractivity contribution is 0.0479. The van der Waals surface area contributed by atoms with E-state index in [1.807, 2.05) is 27.7 Å². The van der Waals surface area contributed by atoms with Gasteiger partial charge in [0, 0.05) is 25.2 Å². The number of benzene rings is 1. The van der Waals surface area contributed by atoms with Crippen molar-refractivity contribution in [1.82, 2.24) is 15.5 Å². The Bertz CT molecular complexity index is 660. The van der Waals surface area contributed by atoms with Gasteiger partial charge in [0.15, 0.2) is 0 Å². The van der Waals surface area contributed by atoms with Gasteiger partial charge in [-0.15, -0.1) is 0 Å². The van der Waals surface area contributed by atoms with Crippen molar-refractivity contribution in [2.75, 3.05) is 13.1 Å². The quantitative estimate of drug-likeness (QED) is 0.842. The molecule has 0 aliphatic carbocycles. The topological polar surface area (TPSA) is 70.7 Å². The summed E-state index contributed by atoms with van der Waals surface area (Å²) < 4.78 is 19.0. The minimum Gasteiger partial charge on any atom is -0.444 e. The van der Waals surface area contributed by atoms with Gasteiger partial charge < -0.3 is 20.3 Å². The second kappa shape index (κ2) is 9.06. The fourth-order valence-electron chi connectivity index (χ4n) is 3.10. The number of nitrogens with one attached hydrogen (secondary N) is 2. The van der Waals surface area contributed by atoms with Gasteiger partial charge in [-0.3, -0.25) is 0 Å². The van der Waals surface area contributed by atoms with E-state index in [0.717, 1.165) is 12.8 Å². The molecule has 1 aliphatic heterocycles. The summed E-state index contributed by atoms with van der Waals surface area (Å²) in [6.07, 6.45) is 1.55. The average Bonchev–Trinajstić information content (AvgIpc) is 2.55. The van der Waals surface area contributed by atoms with Gasteiger partial charge in [-0.1, -0.05) is 18.2 Å². The van der Waals surface area contributed by atoms with Crippen LogP contribution < -0.4 is 10.6 Å². The summed E-state index contributed by atoms with van der Waals surface area (Å²) in [5.41, 5.74) is 0.0197. The predicted molar refractivity (Wildman–Crippen MR) is 102 cm³/mol. The van der Waals surface area contributed by atoms with Crippen molar-refractivity contribution >= 4 is 12.1 Å². The summed E-state index contributed by atoms with van der Waals surface area (Å²) in [6, 6.07) is 6.03. The zero-order valence-electron chi connectivity index (χ0n) is 16.5. The summed E-state index contributed by atoms with van der Waals surface area (Å²) in [6.45, 7) is 8.34. The Morgan fingerprint density at radius 3 is 2.70 bits per heavy atom. The second-order valence-corrected chi connectivity index (χ2v) is 8.08. The first-order chi connectivity index (χ1) is 12.6. The van der Waals surface area contributed by atoms with E-state index < -0.39 is 11.7 Å². The molecule has 1 saturated heterocycles. The molecule has 2 rings (SSSR count). The Morgan fingerprint density at radius 2 is 2.04 bits per heavy atom. The fraction of sp³-hybridized carbons (Fsp3) is 0.600. The third-order valence-corrected chi connectivity index (χ3v) is 4.28. The maximum absolute atomic E-state index is 13.8. The Hall–Kier alpha value is -2.31. The highest BCUT2D eigenvalue weighted by atomic mass is 19.1. The molecule has 2 atom stereocenters. The van der Waals surface area contributed by atoms with Gasteiger partial charge in [0.25, 0.3) is 0 Å². The molecule has 3 amide bonds. The van der Waals surface area contributed by atoms with Crippen molar-refractivity contribution < 1.29 is 18.7 Å². The number of likely N-dealkylation sites (tertiary alicyclic amines) is 1. The monoisotopic (exact) mass is 379 g/mol. The lowest BCUT2D eigenvalue weighted by Gasteiger charge is -2.34. The van der Waals surface area contributed by atoms with E-state index in [4.69, 9.17) is 4.74 Å². The number of amides is 3. The third-order valence-electron chi connectivity index (χ3n) is 4.28. The van der Waals surface area contributed by atoms with E-state index in [2.05, 4.69) is 10.6 Å². The fourth-order valence-corrected chi connectivity index (χ4v) is 3.10. The largest absolute Gasteiger partial charge is 0.444 e. The molecule has 27 heavy (non-hydrogen) atoms. The second-order valence-electron chi connectivity index (χ2n) is 8.08. The number of hydrogen-bond acceptors (Lipinski definition) is 3. The number of rotatable bonds is 4. The van der Waals surface area contributed by atoms with E-state index in [1.54, 1.807) is 23.1 Å². The normalized spacial score (nSPS) is 18.6. The molecule has 1 fully saturated rings.